The molecule has 0 aliphatic rings. The number of alkyl halides is 3. The molecule has 0 radical (unpaired) electrons. The Morgan fingerprint density at radius 3 is 2.57 bits per heavy atom. The van der Waals surface area contributed by atoms with Crippen molar-refractivity contribution < 1.29 is 18.0 Å². The van der Waals surface area contributed by atoms with Gasteiger partial charge in [0.05, 0.1) is 16.3 Å². The van der Waals surface area contributed by atoms with E-state index < -0.39 is 23.7 Å². The van der Waals surface area contributed by atoms with Crippen molar-refractivity contribution in [3.63, 3.8) is 0 Å². The maximum absolute atomic E-state index is 13.2. The fourth-order valence-electron chi connectivity index (χ4n) is 3.20. The number of halogens is 4. The molecule has 1 heterocycles. The van der Waals surface area contributed by atoms with Gasteiger partial charge in [0.25, 0.3) is 5.91 Å². The van der Waals surface area contributed by atoms with Gasteiger partial charge >= 0.3 is 6.18 Å². The summed E-state index contributed by atoms with van der Waals surface area (Å²) in [7, 11) is 1.77. The molecule has 0 saturated heterocycles. The average Bonchev–Trinajstić information content (AvgIpc) is 3.12. The quantitative estimate of drug-likeness (QED) is 0.612. The molecule has 1 unspecified atom stereocenters. The molecule has 0 saturated carbocycles. The molecule has 0 aliphatic carbocycles. The number of rotatable bonds is 6. The second kappa shape index (κ2) is 8.89. The van der Waals surface area contributed by atoms with Crippen LogP contribution < -0.4 is 11.1 Å². The van der Waals surface area contributed by atoms with Crippen LogP contribution in [0.1, 0.15) is 21.5 Å². The van der Waals surface area contributed by atoms with Gasteiger partial charge in [-0.1, -0.05) is 35.9 Å². The van der Waals surface area contributed by atoms with Crippen LogP contribution in [0.25, 0.3) is 11.3 Å². The summed E-state index contributed by atoms with van der Waals surface area (Å²) in [5.41, 5.74) is 6.83. The lowest BCUT2D eigenvalue weighted by Crippen LogP contribution is -2.42. The Bertz CT molecular complexity index is 1050. The Morgan fingerprint density at radius 2 is 1.97 bits per heavy atom. The molecule has 1 amide bonds. The minimum absolute atomic E-state index is 0.0151. The number of nitrogens with zero attached hydrogens (tertiary/aromatic N) is 2. The molecule has 0 aliphatic heterocycles. The molecule has 0 bridgehead atoms. The van der Waals surface area contributed by atoms with Gasteiger partial charge in [0.1, 0.15) is 0 Å². The maximum atomic E-state index is 13.2. The Balaban J connectivity index is 1.77. The highest BCUT2D eigenvalue weighted by molar-refractivity contribution is 6.33. The zero-order valence-electron chi connectivity index (χ0n) is 16.1. The first-order valence-corrected chi connectivity index (χ1v) is 9.52. The summed E-state index contributed by atoms with van der Waals surface area (Å²) >= 11 is 6.34. The summed E-state index contributed by atoms with van der Waals surface area (Å²) in [6.45, 7) is -0.0151. The number of hydrogen-bond acceptors (Lipinski definition) is 3. The third-order valence-electron chi connectivity index (χ3n) is 4.74. The van der Waals surface area contributed by atoms with Gasteiger partial charge in [0.15, 0.2) is 0 Å². The summed E-state index contributed by atoms with van der Waals surface area (Å²) in [6, 6.07) is 11.2. The second-order valence-corrected chi connectivity index (χ2v) is 7.21. The molecule has 3 aromatic rings. The first-order valence-electron chi connectivity index (χ1n) is 9.14. The Morgan fingerprint density at radius 1 is 1.23 bits per heavy atom. The van der Waals surface area contributed by atoms with Crippen LogP contribution in [-0.4, -0.2) is 28.3 Å². The van der Waals surface area contributed by atoms with Crippen LogP contribution >= 0.6 is 11.6 Å². The standard InChI is InChI=1S/C21H20ClF3N4O/c1-29-19(8-9-27-29)16-7-6-14(11-18(16)22)20(30)28-15(12-26)10-13-4-2-3-5-17(13)21(23,24)25/h2-9,11,15H,10,12,26H2,1H3,(H,28,30). The third kappa shape index (κ3) is 4.83. The topological polar surface area (TPSA) is 72.9 Å². The molecule has 158 valence electrons. The highest BCUT2D eigenvalue weighted by Crippen LogP contribution is 2.32. The molecule has 3 N–H and O–H groups in total. The second-order valence-electron chi connectivity index (χ2n) is 6.80. The number of hydrogen-bond donors (Lipinski definition) is 2. The smallest absolute Gasteiger partial charge is 0.348 e. The van der Waals surface area contributed by atoms with E-state index in [4.69, 9.17) is 17.3 Å². The van der Waals surface area contributed by atoms with E-state index in [-0.39, 0.29) is 24.1 Å². The first-order chi connectivity index (χ1) is 14.2. The van der Waals surface area contributed by atoms with Gasteiger partial charge in [-0.15, -0.1) is 0 Å². The minimum Gasteiger partial charge on any atom is -0.348 e. The fourth-order valence-corrected chi connectivity index (χ4v) is 3.48. The summed E-state index contributed by atoms with van der Waals surface area (Å²) in [4.78, 5) is 12.6. The van der Waals surface area contributed by atoms with Crippen molar-refractivity contribution in [3.05, 3.63) is 76.4 Å². The Kier molecular flexibility index (Phi) is 6.48. The number of nitrogens with two attached hydrogens (primary N) is 1. The van der Waals surface area contributed by atoms with E-state index in [0.29, 0.717) is 10.6 Å². The van der Waals surface area contributed by atoms with E-state index in [0.717, 1.165) is 11.8 Å². The fraction of sp³-hybridized carbons (Fsp3) is 0.238. The number of carbonyl (C=O) groups excluding carboxylic acids is 1. The maximum Gasteiger partial charge on any atom is 0.416 e. The lowest BCUT2D eigenvalue weighted by molar-refractivity contribution is -0.138. The van der Waals surface area contributed by atoms with Gasteiger partial charge < -0.3 is 11.1 Å². The lowest BCUT2D eigenvalue weighted by atomic mass is 9.99. The van der Waals surface area contributed by atoms with Crippen molar-refractivity contribution in [2.75, 3.05) is 6.54 Å². The Labute approximate surface area is 176 Å². The van der Waals surface area contributed by atoms with E-state index in [2.05, 4.69) is 10.4 Å². The van der Waals surface area contributed by atoms with Gasteiger partial charge in [-0.3, -0.25) is 9.48 Å². The molecular formula is C21H20ClF3N4O. The molecule has 0 fully saturated rings. The molecule has 9 heteroatoms. The Hall–Kier alpha value is -2.84. The van der Waals surface area contributed by atoms with Gasteiger partial charge in [0, 0.05) is 37.0 Å². The summed E-state index contributed by atoms with van der Waals surface area (Å²) in [5, 5.41) is 7.15. The van der Waals surface area contributed by atoms with Crippen molar-refractivity contribution in [1.29, 1.82) is 0 Å². The van der Waals surface area contributed by atoms with Crippen molar-refractivity contribution in [1.82, 2.24) is 15.1 Å². The number of amides is 1. The summed E-state index contributed by atoms with van der Waals surface area (Å²) < 4.78 is 41.3. The molecule has 1 atom stereocenters. The van der Waals surface area contributed by atoms with Crippen LogP contribution in [0.15, 0.2) is 54.7 Å². The summed E-state index contributed by atoms with van der Waals surface area (Å²) in [5.74, 6) is -0.464. The highest BCUT2D eigenvalue weighted by atomic mass is 35.5. The van der Waals surface area contributed by atoms with Crippen LogP contribution in [0.4, 0.5) is 13.2 Å². The molecule has 5 nitrogen and oxygen atoms in total. The van der Waals surface area contributed by atoms with E-state index in [1.807, 2.05) is 0 Å². The first kappa shape index (κ1) is 21.9. The van der Waals surface area contributed by atoms with Crippen molar-refractivity contribution in [2.45, 2.75) is 18.6 Å². The van der Waals surface area contributed by atoms with Gasteiger partial charge in [0.2, 0.25) is 0 Å². The van der Waals surface area contributed by atoms with Crippen LogP contribution in [-0.2, 0) is 19.6 Å². The predicted molar refractivity (Wildman–Crippen MR) is 109 cm³/mol. The third-order valence-corrected chi connectivity index (χ3v) is 5.05. The monoisotopic (exact) mass is 436 g/mol. The number of aryl methyl sites for hydroxylation is 1. The predicted octanol–water partition coefficient (Wildman–Crippen LogP) is 4.06. The summed E-state index contributed by atoms with van der Waals surface area (Å²) in [6.07, 6.45) is -2.88. The molecule has 3 rings (SSSR count). The van der Waals surface area contributed by atoms with Crippen LogP contribution in [0.3, 0.4) is 0 Å². The number of benzene rings is 2. The van der Waals surface area contributed by atoms with E-state index in [9.17, 15) is 18.0 Å². The van der Waals surface area contributed by atoms with E-state index in [1.165, 1.54) is 24.3 Å². The average molecular weight is 437 g/mol. The van der Waals surface area contributed by atoms with Crippen molar-refractivity contribution in [3.8, 4) is 11.3 Å². The molecule has 30 heavy (non-hydrogen) atoms. The highest BCUT2D eigenvalue weighted by Gasteiger charge is 2.33. The molecule has 0 spiro atoms. The lowest BCUT2D eigenvalue weighted by Gasteiger charge is -2.20. The normalized spacial score (nSPS) is 12.6. The van der Waals surface area contributed by atoms with Gasteiger partial charge in [-0.25, -0.2) is 0 Å². The zero-order valence-corrected chi connectivity index (χ0v) is 16.8. The van der Waals surface area contributed by atoms with Crippen LogP contribution in [0, 0.1) is 0 Å². The van der Waals surface area contributed by atoms with E-state index in [1.54, 1.807) is 36.1 Å². The van der Waals surface area contributed by atoms with E-state index >= 15 is 0 Å². The van der Waals surface area contributed by atoms with Crippen molar-refractivity contribution in [2.24, 2.45) is 12.8 Å². The molecular weight excluding hydrogens is 417 g/mol. The number of nitrogens with one attached hydrogen (secondary N) is 1. The van der Waals surface area contributed by atoms with Crippen LogP contribution in [0.5, 0.6) is 0 Å². The van der Waals surface area contributed by atoms with Crippen LogP contribution in [0.2, 0.25) is 5.02 Å². The number of carbonyl (C=O) groups is 1. The molecule has 1 aromatic heterocycles. The van der Waals surface area contributed by atoms with Crippen molar-refractivity contribution >= 4 is 17.5 Å². The number of aromatic nitrogens is 2. The largest absolute Gasteiger partial charge is 0.416 e. The van der Waals surface area contributed by atoms with Gasteiger partial charge in [-0.05, 0) is 36.2 Å². The SMILES string of the molecule is Cn1nccc1-c1ccc(C(=O)NC(CN)Cc2ccccc2C(F)(F)F)cc1Cl. The van der Waals surface area contributed by atoms with Gasteiger partial charge in [-0.2, -0.15) is 18.3 Å². The zero-order chi connectivity index (χ0) is 21.9. The minimum atomic E-state index is -4.48. The molecule has 2 aromatic carbocycles.